The van der Waals surface area contributed by atoms with Gasteiger partial charge in [-0.15, -0.1) is 0 Å². The maximum absolute atomic E-state index is 12.4. The summed E-state index contributed by atoms with van der Waals surface area (Å²) < 4.78 is 73.6. The van der Waals surface area contributed by atoms with Gasteiger partial charge in [0.2, 0.25) is 0 Å². The zero-order valence-electron chi connectivity index (χ0n) is 8.91. The summed E-state index contributed by atoms with van der Waals surface area (Å²) in [4.78, 5) is 0. The lowest BCUT2D eigenvalue weighted by atomic mass is 10.1. The van der Waals surface area contributed by atoms with Gasteiger partial charge in [0.15, 0.2) is 0 Å². The second-order valence-corrected chi connectivity index (χ2v) is 3.20. The highest BCUT2D eigenvalue weighted by molar-refractivity contribution is 5.38. The standard InChI is InChI=1S/C11H10F6/c1-4-7(2)5-9(11(15,16)17)6-8(3)10(12,13)14/h4-6H,1-2H2,3H3/b8-6+,9-5+. The first-order chi connectivity index (χ1) is 7.48. The van der Waals surface area contributed by atoms with Gasteiger partial charge in [-0.3, -0.25) is 0 Å². The zero-order valence-corrected chi connectivity index (χ0v) is 8.91. The molecule has 0 aliphatic rings. The molecule has 0 amide bonds. The van der Waals surface area contributed by atoms with E-state index in [1.165, 1.54) is 0 Å². The van der Waals surface area contributed by atoms with Gasteiger partial charge in [-0.2, -0.15) is 26.3 Å². The molecule has 0 spiro atoms. The van der Waals surface area contributed by atoms with Gasteiger partial charge in [0.1, 0.15) is 0 Å². The summed E-state index contributed by atoms with van der Waals surface area (Å²) in [6.45, 7) is 6.93. The molecule has 0 bridgehead atoms. The van der Waals surface area contributed by atoms with E-state index in [2.05, 4.69) is 13.2 Å². The van der Waals surface area contributed by atoms with Crippen LogP contribution in [-0.2, 0) is 0 Å². The highest BCUT2D eigenvalue weighted by atomic mass is 19.4. The third-order valence-electron chi connectivity index (χ3n) is 1.75. The number of rotatable bonds is 3. The highest BCUT2D eigenvalue weighted by Crippen LogP contribution is 2.32. The van der Waals surface area contributed by atoms with Crippen molar-refractivity contribution >= 4 is 0 Å². The highest BCUT2D eigenvalue weighted by Gasteiger charge is 2.36. The fraction of sp³-hybridized carbons (Fsp3) is 0.273. The van der Waals surface area contributed by atoms with Crippen LogP contribution in [0.25, 0.3) is 0 Å². The first-order valence-corrected chi connectivity index (χ1v) is 4.34. The van der Waals surface area contributed by atoms with Crippen LogP contribution < -0.4 is 0 Å². The van der Waals surface area contributed by atoms with Crippen LogP contribution in [0.3, 0.4) is 0 Å². The van der Waals surface area contributed by atoms with E-state index in [4.69, 9.17) is 0 Å². The third kappa shape index (κ3) is 5.42. The molecule has 0 nitrogen and oxygen atoms in total. The summed E-state index contributed by atoms with van der Waals surface area (Å²) in [5, 5.41) is 0. The third-order valence-corrected chi connectivity index (χ3v) is 1.75. The molecule has 0 rings (SSSR count). The van der Waals surface area contributed by atoms with Crippen molar-refractivity contribution in [3.63, 3.8) is 0 Å². The van der Waals surface area contributed by atoms with E-state index < -0.39 is 23.5 Å². The number of hydrogen-bond acceptors (Lipinski definition) is 0. The second kappa shape index (κ2) is 5.25. The van der Waals surface area contributed by atoms with Crippen LogP contribution in [0.15, 0.2) is 48.1 Å². The maximum Gasteiger partial charge on any atom is 0.416 e. The largest absolute Gasteiger partial charge is 0.416 e. The lowest BCUT2D eigenvalue weighted by Gasteiger charge is -2.11. The van der Waals surface area contributed by atoms with Gasteiger partial charge in [0.25, 0.3) is 0 Å². The lowest BCUT2D eigenvalue weighted by molar-refractivity contribution is -0.0953. The van der Waals surface area contributed by atoms with Gasteiger partial charge >= 0.3 is 12.4 Å². The molecule has 17 heavy (non-hydrogen) atoms. The van der Waals surface area contributed by atoms with E-state index in [9.17, 15) is 26.3 Å². The number of halogens is 6. The molecule has 0 heterocycles. The Bertz CT molecular complexity index is 364. The molecule has 0 aromatic heterocycles. The molecule has 0 saturated carbocycles. The Morgan fingerprint density at radius 3 is 1.71 bits per heavy atom. The molecule has 0 radical (unpaired) electrons. The van der Waals surface area contributed by atoms with Crippen LogP contribution in [-0.4, -0.2) is 12.4 Å². The molecule has 0 atom stereocenters. The predicted molar refractivity (Wildman–Crippen MR) is 53.3 cm³/mol. The summed E-state index contributed by atoms with van der Waals surface area (Å²) >= 11 is 0. The quantitative estimate of drug-likeness (QED) is 0.506. The molecule has 0 N–H and O–H groups in total. The molecule has 0 aromatic carbocycles. The number of hydrogen-bond donors (Lipinski definition) is 0. The molecule has 96 valence electrons. The van der Waals surface area contributed by atoms with Crippen molar-refractivity contribution in [3.8, 4) is 0 Å². The van der Waals surface area contributed by atoms with Gasteiger partial charge < -0.3 is 0 Å². The molecule has 0 aliphatic carbocycles. The Kier molecular flexibility index (Phi) is 4.80. The normalized spacial score (nSPS) is 14.8. The average Bonchev–Trinajstić information content (AvgIpc) is 2.13. The van der Waals surface area contributed by atoms with Crippen molar-refractivity contribution in [3.05, 3.63) is 48.1 Å². The first kappa shape index (κ1) is 15.5. The molecule has 6 heteroatoms. The summed E-state index contributed by atoms with van der Waals surface area (Å²) in [7, 11) is 0. The maximum atomic E-state index is 12.4. The monoisotopic (exact) mass is 256 g/mol. The van der Waals surface area contributed by atoms with Crippen LogP contribution >= 0.6 is 0 Å². The minimum atomic E-state index is -4.88. The van der Waals surface area contributed by atoms with Crippen molar-refractivity contribution in [2.45, 2.75) is 19.3 Å². The fourth-order valence-electron chi connectivity index (χ4n) is 0.779. The van der Waals surface area contributed by atoms with Crippen LogP contribution in [0.4, 0.5) is 26.3 Å². The summed E-state index contributed by atoms with van der Waals surface area (Å²) in [6.07, 6.45) is -8.11. The molecular weight excluding hydrogens is 246 g/mol. The Morgan fingerprint density at radius 2 is 1.41 bits per heavy atom. The SMILES string of the molecule is C=CC(=C)/C=C(\C=C(/C)C(F)(F)F)C(F)(F)F. The topological polar surface area (TPSA) is 0 Å². The van der Waals surface area contributed by atoms with Gasteiger partial charge in [0, 0.05) is 5.57 Å². The Hall–Kier alpha value is -1.46. The van der Waals surface area contributed by atoms with E-state index >= 15 is 0 Å². The molecular formula is C11H10F6. The molecule has 0 fully saturated rings. The van der Waals surface area contributed by atoms with Crippen LogP contribution in [0.1, 0.15) is 6.92 Å². The second-order valence-electron chi connectivity index (χ2n) is 3.20. The predicted octanol–water partition coefficient (Wildman–Crippen LogP) is 4.73. The average molecular weight is 256 g/mol. The van der Waals surface area contributed by atoms with Crippen molar-refractivity contribution in [2.24, 2.45) is 0 Å². The minimum absolute atomic E-state index is 0.0364. The van der Waals surface area contributed by atoms with E-state index in [0.717, 1.165) is 6.08 Å². The lowest BCUT2D eigenvalue weighted by Crippen LogP contribution is -2.14. The van der Waals surface area contributed by atoms with Crippen LogP contribution in [0.2, 0.25) is 0 Å². The summed E-state index contributed by atoms with van der Waals surface area (Å²) in [5.74, 6) is 0. The van der Waals surface area contributed by atoms with Crippen molar-refractivity contribution in [2.75, 3.05) is 0 Å². The van der Waals surface area contributed by atoms with E-state index in [-0.39, 0.29) is 11.6 Å². The van der Waals surface area contributed by atoms with E-state index in [1.54, 1.807) is 0 Å². The summed E-state index contributed by atoms with van der Waals surface area (Å²) in [6, 6.07) is 0. The Labute approximate surface area is 94.6 Å². The molecule has 0 saturated heterocycles. The van der Waals surface area contributed by atoms with E-state index in [0.29, 0.717) is 13.0 Å². The number of alkyl halides is 6. The van der Waals surface area contributed by atoms with Crippen molar-refractivity contribution in [1.29, 1.82) is 0 Å². The zero-order chi connectivity index (χ0) is 13.9. The van der Waals surface area contributed by atoms with Gasteiger partial charge in [0.05, 0.1) is 5.57 Å². The van der Waals surface area contributed by atoms with Gasteiger partial charge in [-0.05, 0) is 24.6 Å². The van der Waals surface area contributed by atoms with Crippen LogP contribution in [0, 0.1) is 0 Å². The molecule has 0 aromatic rings. The fourth-order valence-corrected chi connectivity index (χ4v) is 0.779. The Balaban J connectivity index is 5.47. The summed E-state index contributed by atoms with van der Waals surface area (Å²) in [5.41, 5.74) is -2.88. The van der Waals surface area contributed by atoms with E-state index in [1.807, 2.05) is 0 Å². The molecule has 0 unspecified atom stereocenters. The minimum Gasteiger partial charge on any atom is -0.166 e. The van der Waals surface area contributed by atoms with Crippen molar-refractivity contribution < 1.29 is 26.3 Å². The Morgan fingerprint density at radius 1 is 0.941 bits per heavy atom. The first-order valence-electron chi connectivity index (χ1n) is 4.34. The van der Waals surface area contributed by atoms with Crippen molar-refractivity contribution in [1.82, 2.24) is 0 Å². The van der Waals surface area contributed by atoms with Crippen LogP contribution in [0.5, 0.6) is 0 Å². The smallest absolute Gasteiger partial charge is 0.166 e. The number of allylic oxidation sites excluding steroid dienone is 6. The van der Waals surface area contributed by atoms with Gasteiger partial charge in [-0.25, -0.2) is 0 Å². The van der Waals surface area contributed by atoms with Gasteiger partial charge in [-0.1, -0.05) is 19.2 Å². The molecule has 0 aliphatic heterocycles.